The van der Waals surface area contributed by atoms with Gasteiger partial charge in [0.2, 0.25) is 0 Å². The molecule has 0 aliphatic heterocycles. The molecule has 0 saturated heterocycles. The summed E-state index contributed by atoms with van der Waals surface area (Å²) in [4.78, 5) is 4.13. The molecule has 0 atom stereocenters. The van der Waals surface area contributed by atoms with Gasteiger partial charge in [-0.15, -0.1) is 0 Å². The Morgan fingerprint density at radius 1 is 1.07 bits per heavy atom. The van der Waals surface area contributed by atoms with E-state index in [9.17, 15) is 0 Å². The number of aromatic nitrogens is 3. The van der Waals surface area contributed by atoms with E-state index in [-0.39, 0.29) is 36.2 Å². The van der Waals surface area contributed by atoms with Crippen LogP contribution >= 0.6 is 0 Å². The quantitative estimate of drug-likeness (QED) is 0.451. The molecule has 0 bridgehead atoms. The summed E-state index contributed by atoms with van der Waals surface area (Å²) >= 11 is 0. The van der Waals surface area contributed by atoms with Crippen molar-refractivity contribution >= 4 is 44.3 Å². The van der Waals surface area contributed by atoms with Crippen molar-refractivity contribution in [1.82, 2.24) is 14.8 Å². The Labute approximate surface area is 197 Å². The van der Waals surface area contributed by atoms with Crippen molar-refractivity contribution in [1.29, 1.82) is 0 Å². The van der Waals surface area contributed by atoms with Gasteiger partial charge < -0.3 is 10.5 Å². The zero-order valence-electron chi connectivity index (χ0n) is 16.4. The Kier molecular flexibility index (Phi) is 10.6. The Balaban J connectivity index is 0.00000210. The molecule has 0 unspecified atom stereocenters. The van der Waals surface area contributed by atoms with Crippen LogP contribution in [0.25, 0.3) is 22.4 Å². The topological polar surface area (TPSA) is 66.0 Å². The van der Waals surface area contributed by atoms with Crippen LogP contribution < -0.4 is 5.73 Å². The van der Waals surface area contributed by atoms with E-state index in [4.69, 9.17) is 15.6 Å². The van der Waals surface area contributed by atoms with Crippen molar-refractivity contribution in [3.63, 3.8) is 0 Å². The van der Waals surface area contributed by atoms with Gasteiger partial charge in [0.1, 0.15) is 12.4 Å². The van der Waals surface area contributed by atoms with Crippen molar-refractivity contribution in [2.45, 2.75) is 39.0 Å². The molecule has 2 heterocycles. The molecular formula is C21H32AlLiN4OSi. The molecule has 5 nitrogen and oxygen atoms in total. The number of nitrogens with two attached hydrogens (primary N) is 1. The third-order valence-corrected chi connectivity index (χ3v) is 6.11. The van der Waals surface area contributed by atoms with E-state index >= 15 is 0 Å². The number of hydrogen-bond acceptors (Lipinski definition) is 4. The number of benzene rings is 1. The maximum absolute atomic E-state index is 5.88. The molecule has 0 spiro atoms. The number of ether oxygens (including phenoxy) is 1. The van der Waals surface area contributed by atoms with E-state index in [1.807, 2.05) is 35.1 Å². The van der Waals surface area contributed by atoms with Crippen molar-refractivity contribution < 1.29 is 4.74 Å². The van der Waals surface area contributed by atoms with Gasteiger partial charge in [0, 0.05) is 50.9 Å². The molecule has 2 aromatic heterocycles. The molecule has 2 N–H and O–H groups in total. The molecule has 0 fully saturated rings. The molecule has 8 heteroatoms. The van der Waals surface area contributed by atoms with Crippen molar-refractivity contribution in [3.05, 3.63) is 60.6 Å². The number of hydrogen-bond donors (Lipinski definition) is 1. The summed E-state index contributed by atoms with van der Waals surface area (Å²) in [7, 11) is -1.09. The molecule has 3 rings (SSSR count). The van der Waals surface area contributed by atoms with Gasteiger partial charge in [-0.1, -0.05) is 37.8 Å². The van der Waals surface area contributed by atoms with Gasteiger partial charge in [-0.25, -0.2) is 4.68 Å². The van der Waals surface area contributed by atoms with Crippen LogP contribution in [0.5, 0.6) is 0 Å². The molecular weight excluding hydrogens is 386 g/mol. The minimum atomic E-state index is -1.09. The first-order valence-electron chi connectivity index (χ1n) is 9.31. The molecule has 3 aromatic rings. The van der Waals surface area contributed by atoms with Crippen molar-refractivity contribution in [3.8, 4) is 22.4 Å². The average Bonchev–Trinajstić information content (AvgIpc) is 3.09. The van der Waals surface area contributed by atoms with Crippen LogP contribution in [0.1, 0.15) is 5.56 Å². The van der Waals surface area contributed by atoms with Gasteiger partial charge in [0.15, 0.2) is 17.4 Å². The Bertz CT molecular complexity index is 884. The number of nitrogens with zero attached hydrogens (tertiary/aromatic N) is 3. The summed E-state index contributed by atoms with van der Waals surface area (Å²) in [5, 5.41) is 4.81. The van der Waals surface area contributed by atoms with Crippen LogP contribution in [-0.2, 0) is 18.0 Å². The summed E-state index contributed by atoms with van der Waals surface area (Å²) in [5.41, 5.74) is 11.1. The third kappa shape index (κ3) is 7.55. The van der Waals surface area contributed by atoms with E-state index in [0.29, 0.717) is 13.3 Å². The van der Waals surface area contributed by atoms with E-state index in [1.54, 1.807) is 12.4 Å². The second kappa shape index (κ2) is 11.9. The van der Waals surface area contributed by atoms with Crippen molar-refractivity contribution in [2.75, 3.05) is 6.61 Å². The number of pyridine rings is 1. The third-order valence-electron chi connectivity index (χ3n) is 4.41. The summed E-state index contributed by atoms with van der Waals surface area (Å²) in [6, 6.07) is 13.4. The van der Waals surface area contributed by atoms with Gasteiger partial charge in [-0.2, -0.15) is 5.10 Å². The van der Waals surface area contributed by atoms with E-state index in [2.05, 4.69) is 36.8 Å². The fraction of sp³-hybridized carbons (Fsp3) is 0.333. The Hall–Kier alpha value is -1.15. The zero-order valence-corrected chi connectivity index (χ0v) is 17.4. The molecule has 29 heavy (non-hydrogen) atoms. The van der Waals surface area contributed by atoms with Crippen LogP contribution in [0.4, 0.5) is 0 Å². The van der Waals surface area contributed by atoms with E-state index in [1.165, 1.54) is 0 Å². The van der Waals surface area contributed by atoms with Gasteiger partial charge in [-0.05, 0) is 35.4 Å². The van der Waals surface area contributed by atoms with Gasteiger partial charge in [0.25, 0.3) is 0 Å². The fourth-order valence-electron chi connectivity index (χ4n) is 2.83. The van der Waals surface area contributed by atoms with Crippen LogP contribution in [0.3, 0.4) is 0 Å². The molecule has 150 valence electrons. The molecule has 0 aliphatic rings. The summed E-state index contributed by atoms with van der Waals surface area (Å²) in [6.07, 6.45) is 5.66. The molecule has 0 radical (unpaired) electrons. The summed E-state index contributed by atoms with van der Waals surface area (Å²) in [5.74, 6) is 0. The first-order chi connectivity index (χ1) is 13.0. The van der Waals surface area contributed by atoms with Crippen molar-refractivity contribution in [2.24, 2.45) is 5.73 Å². The summed E-state index contributed by atoms with van der Waals surface area (Å²) < 4.78 is 7.76. The van der Waals surface area contributed by atoms with Crippen LogP contribution in [0.15, 0.2) is 55.0 Å². The van der Waals surface area contributed by atoms with Gasteiger partial charge in [-0.3, -0.25) is 4.98 Å². The second-order valence-corrected chi connectivity index (χ2v) is 13.5. The normalized spacial score (nSPS) is 10.9. The van der Waals surface area contributed by atoms with Gasteiger partial charge in [0.05, 0.1) is 0 Å². The first kappa shape index (κ1) is 25.9. The van der Waals surface area contributed by atoms with Crippen LogP contribution in [0, 0.1) is 0 Å². The molecule has 1 aromatic carbocycles. The van der Waals surface area contributed by atoms with Crippen LogP contribution in [-0.4, -0.2) is 65.7 Å². The predicted molar refractivity (Wildman–Crippen MR) is 130 cm³/mol. The zero-order chi connectivity index (χ0) is 19.3. The molecule has 0 amide bonds. The monoisotopic (exact) mass is 418 g/mol. The Morgan fingerprint density at radius 2 is 1.79 bits per heavy atom. The fourth-order valence-corrected chi connectivity index (χ4v) is 3.58. The average molecular weight is 419 g/mol. The maximum atomic E-state index is 5.88. The summed E-state index contributed by atoms with van der Waals surface area (Å²) in [6.45, 7) is 8.81. The molecule has 0 aliphatic carbocycles. The predicted octanol–water partition coefficient (Wildman–Crippen LogP) is 2.55. The minimum absolute atomic E-state index is 0. The Morgan fingerprint density at radius 3 is 2.45 bits per heavy atom. The first-order valence-corrected chi connectivity index (χ1v) is 13.0. The van der Waals surface area contributed by atoms with E-state index in [0.717, 1.165) is 40.6 Å². The molecule has 0 saturated carbocycles. The van der Waals surface area contributed by atoms with Gasteiger partial charge >= 0.3 is 18.9 Å². The standard InChI is InChI=1S/C21H28N4OSi.Al.Li.4H/c1-27(2,3)12-11-26-16-25-15-20(18-7-9-23-10-8-18)21(24-25)19-6-4-5-17(13-19)14-22;;;;;;/h4-10,13,15H,11-12,14,16,22H2,1-3H3;;;;;;. The van der Waals surface area contributed by atoms with Crippen LogP contribution in [0.2, 0.25) is 25.7 Å². The second-order valence-electron chi connectivity index (χ2n) is 7.92. The van der Waals surface area contributed by atoms with E-state index < -0.39 is 8.07 Å². The SMILES string of the molecule is C[Si](C)(C)CCOCn1cc(-c2ccncc2)c(-c2cccc(CN)c2)n1.[AlH3].[LiH]. The number of rotatable bonds is 8.